The number of nitrogens with one attached hydrogen (secondary N) is 2. The lowest BCUT2D eigenvalue weighted by molar-refractivity contribution is -0.122. The summed E-state index contributed by atoms with van der Waals surface area (Å²) < 4.78 is 33.3. The summed E-state index contributed by atoms with van der Waals surface area (Å²) in [5.41, 5.74) is 0.344. The first-order valence-corrected chi connectivity index (χ1v) is 12.4. The van der Waals surface area contributed by atoms with Gasteiger partial charge in [0.2, 0.25) is 10.0 Å². The number of ether oxygens (including phenoxy) is 1. The Kier molecular flexibility index (Phi) is 6.32. The first kappa shape index (κ1) is 22.2. The molecule has 9 nitrogen and oxygen atoms in total. The van der Waals surface area contributed by atoms with Gasteiger partial charge in [-0.25, -0.2) is 13.2 Å². The number of rotatable bonds is 3. The van der Waals surface area contributed by atoms with Crippen LogP contribution in [0.15, 0.2) is 17.0 Å². The van der Waals surface area contributed by atoms with E-state index in [4.69, 9.17) is 16.3 Å². The number of urea groups is 1. The fourth-order valence-electron chi connectivity index (χ4n) is 4.19. The van der Waals surface area contributed by atoms with Crippen LogP contribution >= 0.6 is 11.6 Å². The number of carbonyl (C=O) groups is 2. The average molecular weight is 471 g/mol. The van der Waals surface area contributed by atoms with E-state index in [1.807, 2.05) is 0 Å². The van der Waals surface area contributed by atoms with Crippen LogP contribution < -0.4 is 15.4 Å². The second-order valence-electron chi connectivity index (χ2n) is 8.20. The Morgan fingerprint density at radius 3 is 2.52 bits per heavy atom. The Morgan fingerprint density at radius 1 is 1.16 bits per heavy atom. The van der Waals surface area contributed by atoms with E-state index >= 15 is 0 Å². The summed E-state index contributed by atoms with van der Waals surface area (Å²) in [5, 5.41) is 5.73. The van der Waals surface area contributed by atoms with Gasteiger partial charge in [-0.2, -0.15) is 4.31 Å². The second kappa shape index (κ2) is 8.84. The molecule has 1 aliphatic carbocycles. The van der Waals surface area contributed by atoms with Gasteiger partial charge in [-0.15, -0.1) is 0 Å². The molecule has 11 heteroatoms. The van der Waals surface area contributed by atoms with E-state index in [2.05, 4.69) is 10.6 Å². The van der Waals surface area contributed by atoms with E-state index in [0.717, 1.165) is 25.7 Å². The molecule has 1 saturated heterocycles. The quantitative estimate of drug-likeness (QED) is 0.705. The lowest BCUT2D eigenvalue weighted by Crippen LogP contribution is -2.54. The lowest BCUT2D eigenvalue weighted by Gasteiger charge is -2.35. The van der Waals surface area contributed by atoms with Crippen molar-refractivity contribution in [1.29, 1.82) is 0 Å². The van der Waals surface area contributed by atoms with Crippen molar-refractivity contribution in [2.24, 2.45) is 0 Å². The van der Waals surface area contributed by atoms with Gasteiger partial charge >= 0.3 is 6.03 Å². The summed E-state index contributed by atoms with van der Waals surface area (Å²) in [7, 11) is -3.88. The number of amides is 3. The molecule has 1 atom stereocenters. The number of benzene rings is 1. The number of hydrogen-bond acceptors (Lipinski definition) is 5. The van der Waals surface area contributed by atoms with Gasteiger partial charge < -0.3 is 20.3 Å². The maximum Gasteiger partial charge on any atom is 0.317 e. The number of sulfonamides is 1. The molecule has 1 aromatic carbocycles. The molecule has 4 rings (SSSR count). The third-order valence-corrected chi connectivity index (χ3v) is 8.40. The van der Waals surface area contributed by atoms with Crippen molar-refractivity contribution in [3.8, 4) is 5.75 Å². The third kappa shape index (κ3) is 4.61. The van der Waals surface area contributed by atoms with Crippen molar-refractivity contribution < 1.29 is 22.7 Å². The molecule has 0 aromatic heterocycles. The van der Waals surface area contributed by atoms with E-state index < -0.39 is 16.1 Å². The molecule has 2 fully saturated rings. The maximum atomic E-state index is 13.2. The highest BCUT2D eigenvalue weighted by molar-refractivity contribution is 7.89. The number of fused-ring (bicyclic) bond motifs is 1. The summed E-state index contributed by atoms with van der Waals surface area (Å²) in [6.07, 6.45) is 4.74. The van der Waals surface area contributed by atoms with Gasteiger partial charge in [0.1, 0.15) is 10.6 Å². The summed E-state index contributed by atoms with van der Waals surface area (Å²) in [5.74, 6) is -0.0534. The van der Waals surface area contributed by atoms with Gasteiger partial charge in [-0.1, -0.05) is 30.9 Å². The molecule has 2 heterocycles. The molecule has 1 saturated carbocycles. The van der Waals surface area contributed by atoms with Crippen LogP contribution in [-0.2, 0) is 14.8 Å². The van der Waals surface area contributed by atoms with Crippen LogP contribution in [-0.4, -0.2) is 67.9 Å². The normalized spacial score (nSPS) is 23.0. The van der Waals surface area contributed by atoms with E-state index in [9.17, 15) is 18.0 Å². The lowest BCUT2D eigenvalue weighted by atomic mass is 9.96. The largest absolute Gasteiger partial charge is 0.479 e. The Balaban J connectivity index is 1.43. The molecule has 2 N–H and O–H groups in total. The van der Waals surface area contributed by atoms with Gasteiger partial charge in [0.25, 0.3) is 5.91 Å². The molecule has 2 aliphatic heterocycles. The van der Waals surface area contributed by atoms with Crippen LogP contribution in [0.3, 0.4) is 0 Å². The topological polar surface area (TPSA) is 108 Å². The van der Waals surface area contributed by atoms with E-state index in [1.54, 1.807) is 11.8 Å². The molecule has 0 unspecified atom stereocenters. The minimum absolute atomic E-state index is 0.00896. The number of nitrogens with zero attached hydrogens (tertiary/aromatic N) is 2. The van der Waals surface area contributed by atoms with E-state index in [1.165, 1.54) is 22.9 Å². The van der Waals surface area contributed by atoms with Crippen molar-refractivity contribution in [1.82, 2.24) is 14.5 Å². The Labute approximate surface area is 187 Å². The van der Waals surface area contributed by atoms with Crippen molar-refractivity contribution in [2.45, 2.75) is 56.1 Å². The standard InChI is InChI=1S/C20H27ClN4O5S/c1-13-19(26)23-16-11-15(21)18(12-17(16)30-13)31(28,29)25-9-7-24(8-10-25)20(27)22-14-5-3-2-4-6-14/h11-14H,2-10H2,1H3,(H,22,27)(H,23,26)/t13-/m1/s1. The van der Waals surface area contributed by atoms with Crippen LogP contribution in [0.4, 0.5) is 10.5 Å². The fourth-order valence-corrected chi connectivity index (χ4v) is 6.13. The summed E-state index contributed by atoms with van der Waals surface area (Å²) in [4.78, 5) is 25.9. The van der Waals surface area contributed by atoms with Crippen LogP contribution in [0.2, 0.25) is 5.02 Å². The zero-order valence-electron chi connectivity index (χ0n) is 17.4. The molecule has 0 radical (unpaired) electrons. The molecule has 0 spiro atoms. The SMILES string of the molecule is C[C@H]1Oc2cc(S(=O)(=O)N3CCN(C(=O)NC4CCCCC4)CC3)c(Cl)cc2NC1=O. The molecular formula is C20H27ClN4O5S. The highest BCUT2D eigenvalue weighted by Gasteiger charge is 2.34. The zero-order valence-corrected chi connectivity index (χ0v) is 19.0. The van der Waals surface area contributed by atoms with E-state index in [0.29, 0.717) is 18.8 Å². The first-order chi connectivity index (χ1) is 14.8. The molecule has 1 aromatic rings. The summed E-state index contributed by atoms with van der Waals surface area (Å²) >= 11 is 6.25. The molecule has 3 aliphatic rings. The molecule has 0 bridgehead atoms. The Morgan fingerprint density at radius 2 is 1.84 bits per heavy atom. The molecule has 3 amide bonds. The van der Waals surface area contributed by atoms with Crippen molar-refractivity contribution in [3.63, 3.8) is 0 Å². The summed E-state index contributed by atoms with van der Waals surface area (Å²) in [6, 6.07) is 2.82. The monoisotopic (exact) mass is 470 g/mol. The fraction of sp³-hybridized carbons (Fsp3) is 0.600. The number of anilines is 1. The predicted octanol–water partition coefficient (Wildman–Crippen LogP) is 2.41. The third-order valence-electron chi connectivity index (χ3n) is 6.04. The molecular weight excluding hydrogens is 444 g/mol. The van der Waals surface area contributed by atoms with Crippen molar-refractivity contribution in [2.75, 3.05) is 31.5 Å². The highest BCUT2D eigenvalue weighted by Crippen LogP contribution is 2.38. The van der Waals surface area contributed by atoms with Gasteiger partial charge in [-0.3, -0.25) is 4.79 Å². The van der Waals surface area contributed by atoms with E-state index in [-0.39, 0.29) is 46.7 Å². The second-order valence-corrected chi connectivity index (χ2v) is 10.5. The Hall–Kier alpha value is -2.04. The number of carbonyl (C=O) groups excluding carboxylic acids is 2. The molecule has 31 heavy (non-hydrogen) atoms. The molecule has 170 valence electrons. The van der Waals surface area contributed by atoms with Gasteiger partial charge in [0.05, 0.1) is 10.7 Å². The average Bonchev–Trinajstić information content (AvgIpc) is 2.75. The number of piperazine rings is 1. The van der Waals surface area contributed by atoms with Gasteiger partial charge in [0, 0.05) is 38.3 Å². The minimum atomic E-state index is -3.88. The maximum absolute atomic E-state index is 13.2. The Bertz CT molecular complexity index is 972. The van der Waals surface area contributed by atoms with Crippen LogP contribution in [0, 0.1) is 0 Å². The van der Waals surface area contributed by atoms with Gasteiger partial charge in [0.15, 0.2) is 6.10 Å². The smallest absolute Gasteiger partial charge is 0.317 e. The predicted molar refractivity (Wildman–Crippen MR) is 116 cm³/mol. The number of hydrogen-bond donors (Lipinski definition) is 2. The van der Waals surface area contributed by atoms with Crippen molar-refractivity contribution in [3.05, 3.63) is 17.2 Å². The van der Waals surface area contributed by atoms with Crippen LogP contribution in [0.25, 0.3) is 0 Å². The minimum Gasteiger partial charge on any atom is -0.479 e. The zero-order chi connectivity index (χ0) is 22.2. The number of halogens is 1. The van der Waals surface area contributed by atoms with Crippen LogP contribution in [0.5, 0.6) is 5.75 Å². The first-order valence-electron chi connectivity index (χ1n) is 10.6. The van der Waals surface area contributed by atoms with Crippen LogP contribution in [0.1, 0.15) is 39.0 Å². The van der Waals surface area contributed by atoms with Crippen molar-refractivity contribution >= 4 is 39.2 Å². The van der Waals surface area contributed by atoms with Gasteiger partial charge in [-0.05, 0) is 25.8 Å². The highest BCUT2D eigenvalue weighted by atomic mass is 35.5. The summed E-state index contributed by atoms with van der Waals surface area (Å²) in [6.45, 7) is 2.57.